The molecule has 0 aliphatic carbocycles. The van der Waals surface area contributed by atoms with Crippen LogP contribution < -0.4 is 5.73 Å². The maximum absolute atomic E-state index is 12.1. The molecule has 2 N–H and O–H groups in total. The van der Waals surface area contributed by atoms with Crippen molar-refractivity contribution in [3.8, 4) is 0 Å². The summed E-state index contributed by atoms with van der Waals surface area (Å²) in [5, 5.41) is 0. The van der Waals surface area contributed by atoms with E-state index in [0.29, 0.717) is 6.54 Å². The molecule has 0 spiro atoms. The number of nitrogens with two attached hydrogens (primary N) is 1. The van der Waals surface area contributed by atoms with Gasteiger partial charge in [-0.25, -0.2) is 0 Å². The highest BCUT2D eigenvalue weighted by Crippen LogP contribution is 2.17. The van der Waals surface area contributed by atoms with Crippen molar-refractivity contribution in [1.82, 2.24) is 9.88 Å². The van der Waals surface area contributed by atoms with Crippen LogP contribution in [-0.2, 0) is 17.8 Å². The van der Waals surface area contributed by atoms with Crippen LogP contribution in [0, 0.1) is 0 Å². The van der Waals surface area contributed by atoms with Gasteiger partial charge in [0.2, 0.25) is 5.91 Å². The Kier molecular flexibility index (Phi) is 3.74. The lowest BCUT2D eigenvalue weighted by Crippen LogP contribution is -2.45. The zero-order chi connectivity index (χ0) is 12.3. The van der Waals surface area contributed by atoms with Crippen molar-refractivity contribution in [2.75, 3.05) is 6.54 Å². The van der Waals surface area contributed by atoms with Gasteiger partial charge in [0.15, 0.2) is 0 Å². The Morgan fingerprint density at radius 2 is 2.47 bits per heavy atom. The van der Waals surface area contributed by atoms with Crippen molar-refractivity contribution < 1.29 is 4.79 Å². The summed E-state index contributed by atoms with van der Waals surface area (Å²) < 4.78 is 0. The lowest BCUT2D eigenvalue weighted by molar-refractivity contribution is -0.133. The zero-order valence-electron chi connectivity index (χ0n) is 10.2. The molecule has 0 aromatic carbocycles. The molecular weight excluding hydrogens is 214 g/mol. The first-order valence-corrected chi connectivity index (χ1v) is 6.19. The molecule has 4 nitrogen and oxygen atoms in total. The van der Waals surface area contributed by atoms with Crippen LogP contribution in [0.2, 0.25) is 0 Å². The van der Waals surface area contributed by atoms with Crippen LogP contribution >= 0.6 is 0 Å². The second-order valence-electron chi connectivity index (χ2n) is 4.51. The van der Waals surface area contributed by atoms with Gasteiger partial charge in [0.1, 0.15) is 0 Å². The molecule has 1 atom stereocenters. The lowest BCUT2D eigenvalue weighted by Gasteiger charge is -2.30. The SMILES string of the molecule is CCC[C@H](N)C(=O)N1CCc2ncccc2C1. The summed E-state index contributed by atoms with van der Waals surface area (Å²) in [7, 11) is 0. The van der Waals surface area contributed by atoms with Crippen molar-refractivity contribution in [3.63, 3.8) is 0 Å². The highest BCUT2D eigenvalue weighted by Gasteiger charge is 2.24. The van der Waals surface area contributed by atoms with E-state index in [-0.39, 0.29) is 11.9 Å². The van der Waals surface area contributed by atoms with E-state index in [4.69, 9.17) is 5.73 Å². The van der Waals surface area contributed by atoms with Gasteiger partial charge in [-0.05, 0) is 18.1 Å². The molecule has 1 aliphatic heterocycles. The average Bonchev–Trinajstić information content (AvgIpc) is 2.37. The maximum Gasteiger partial charge on any atom is 0.239 e. The smallest absolute Gasteiger partial charge is 0.239 e. The van der Waals surface area contributed by atoms with Gasteiger partial charge < -0.3 is 10.6 Å². The van der Waals surface area contributed by atoms with E-state index in [2.05, 4.69) is 4.98 Å². The third-order valence-electron chi connectivity index (χ3n) is 3.19. The van der Waals surface area contributed by atoms with E-state index in [9.17, 15) is 4.79 Å². The minimum atomic E-state index is -0.349. The van der Waals surface area contributed by atoms with E-state index in [1.54, 1.807) is 6.20 Å². The molecule has 17 heavy (non-hydrogen) atoms. The van der Waals surface area contributed by atoms with Crippen LogP contribution in [0.1, 0.15) is 31.0 Å². The second-order valence-corrected chi connectivity index (χ2v) is 4.51. The predicted molar refractivity (Wildman–Crippen MR) is 66.2 cm³/mol. The van der Waals surface area contributed by atoms with Crippen molar-refractivity contribution in [3.05, 3.63) is 29.6 Å². The highest BCUT2D eigenvalue weighted by molar-refractivity contribution is 5.81. The van der Waals surface area contributed by atoms with Crippen molar-refractivity contribution >= 4 is 5.91 Å². The summed E-state index contributed by atoms with van der Waals surface area (Å²) in [6.07, 6.45) is 4.34. The number of hydrogen-bond acceptors (Lipinski definition) is 3. The molecule has 0 fully saturated rings. The number of amides is 1. The fourth-order valence-electron chi connectivity index (χ4n) is 2.22. The number of carbonyl (C=O) groups is 1. The van der Waals surface area contributed by atoms with Gasteiger partial charge in [0, 0.05) is 31.4 Å². The topological polar surface area (TPSA) is 59.2 Å². The summed E-state index contributed by atoms with van der Waals surface area (Å²) in [6, 6.07) is 3.60. The molecule has 0 saturated heterocycles. The van der Waals surface area contributed by atoms with Gasteiger partial charge in [-0.2, -0.15) is 0 Å². The normalized spacial score (nSPS) is 16.5. The first kappa shape index (κ1) is 12.0. The summed E-state index contributed by atoms with van der Waals surface area (Å²) in [5.41, 5.74) is 8.13. The van der Waals surface area contributed by atoms with Crippen LogP contribution in [-0.4, -0.2) is 28.4 Å². The molecule has 92 valence electrons. The van der Waals surface area contributed by atoms with Crippen molar-refractivity contribution in [1.29, 1.82) is 0 Å². The molecule has 1 aromatic heterocycles. The van der Waals surface area contributed by atoms with E-state index < -0.39 is 0 Å². The standard InChI is InChI=1S/C13H19N3O/c1-2-4-11(14)13(17)16-8-6-12-10(9-16)5-3-7-15-12/h3,5,7,11H,2,4,6,8-9,14H2,1H3/t11-/m0/s1. The first-order valence-electron chi connectivity index (χ1n) is 6.19. The molecule has 2 rings (SSSR count). The fraction of sp³-hybridized carbons (Fsp3) is 0.538. The number of aromatic nitrogens is 1. The quantitative estimate of drug-likeness (QED) is 0.850. The van der Waals surface area contributed by atoms with Crippen LogP contribution in [0.25, 0.3) is 0 Å². The van der Waals surface area contributed by atoms with E-state index in [1.807, 2.05) is 24.0 Å². The average molecular weight is 233 g/mol. The van der Waals surface area contributed by atoms with Gasteiger partial charge in [-0.3, -0.25) is 9.78 Å². The number of pyridine rings is 1. The number of nitrogens with zero attached hydrogens (tertiary/aromatic N) is 2. The van der Waals surface area contributed by atoms with Crippen molar-refractivity contribution in [2.45, 2.75) is 38.8 Å². The Morgan fingerprint density at radius 1 is 1.65 bits per heavy atom. The molecule has 2 heterocycles. The van der Waals surface area contributed by atoms with Gasteiger partial charge in [-0.1, -0.05) is 19.4 Å². The van der Waals surface area contributed by atoms with Gasteiger partial charge in [-0.15, -0.1) is 0 Å². The van der Waals surface area contributed by atoms with Crippen molar-refractivity contribution in [2.24, 2.45) is 5.73 Å². The minimum Gasteiger partial charge on any atom is -0.337 e. The molecule has 1 aliphatic rings. The van der Waals surface area contributed by atoms with Crippen LogP contribution in [0.3, 0.4) is 0 Å². The van der Waals surface area contributed by atoms with E-state index in [1.165, 1.54) is 0 Å². The lowest BCUT2D eigenvalue weighted by atomic mass is 10.0. The number of rotatable bonds is 3. The van der Waals surface area contributed by atoms with Crippen LogP contribution in [0.4, 0.5) is 0 Å². The second kappa shape index (κ2) is 5.27. The Bertz CT molecular complexity index is 405. The maximum atomic E-state index is 12.1. The number of carbonyl (C=O) groups excluding carboxylic acids is 1. The predicted octanol–water partition coefficient (Wildman–Crippen LogP) is 1.09. The molecule has 1 amide bonds. The molecule has 1 aromatic rings. The van der Waals surface area contributed by atoms with Crippen LogP contribution in [0.5, 0.6) is 0 Å². The summed E-state index contributed by atoms with van der Waals surface area (Å²) in [6.45, 7) is 3.43. The molecule has 0 unspecified atom stereocenters. The monoisotopic (exact) mass is 233 g/mol. The Morgan fingerprint density at radius 3 is 3.24 bits per heavy atom. The summed E-state index contributed by atoms with van der Waals surface area (Å²) in [5.74, 6) is 0.0707. The zero-order valence-corrected chi connectivity index (χ0v) is 10.2. The van der Waals surface area contributed by atoms with Gasteiger partial charge in [0.25, 0.3) is 0 Å². The molecular formula is C13H19N3O. The van der Waals surface area contributed by atoms with Gasteiger partial charge >= 0.3 is 0 Å². The third-order valence-corrected chi connectivity index (χ3v) is 3.19. The Balaban J connectivity index is 2.05. The van der Waals surface area contributed by atoms with E-state index >= 15 is 0 Å². The Hall–Kier alpha value is -1.42. The minimum absolute atomic E-state index is 0.0707. The number of fused-ring (bicyclic) bond motifs is 1. The van der Waals surface area contributed by atoms with Gasteiger partial charge in [0.05, 0.1) is 6.04 Å². The summed E-state index contributed by atoms with van der Waals surface area (Å²) in [4.78, 5) is 18.3. The third kappa shape index (κ3) is 2.64. The largest absolute Gasteiger partial charge is 0.337 e. The van der Waals surface area contributed by atoms with Crippen LogP contribution in [0.15, 0.2) is 18.3 Å². The highest BCUT2D eigenvalue weighted by atomic mass is 16.2. The molecule has 4 heteroatoms. The Labute approximate surface area is 102 Å². The fourth-order valence-corrected chi connectivity index (χ4v) is 2.22. The summed E-state index contributed by atoms with van der Waals surface area (Å²) >= 11 is 0. The molecule has 0 bridgehead atoms. The first-order chi connectivity index (χ1) is 8.22. The number of hydrogen-bond donors (Lipinski definition) is 1. The molecule has 0 radical (unpaired) electrons. The van der Waals surface area contributed by atoms with E-state index in [0.717, 1.165) is 37.1 Å². The molecule has 0 saturated carbocycles.